The SMILES string of the molecule is CCC.CCCC1CCC(C2CCC(OC(C)=O)CC2)CC1.CN. The highest BCUT2D eigenvalue weighted by atomic mass is 16.5. The van der Waals surface area contributed by atoms with Crippen LogP contribution in [0.2, 0.25) is 0 Å². The molecule has 2 aliphatic carbocycles. The van der Waals surface area contributed by atoms with E-state index in [4.69, 9.17) is 4.74 Å². The van der Waals surface area contributed by atoms with Gasteiger partial charge in [0.25, 0.3) is 0 Å². The number of ether oxygens (including phenoxy) is 1. The Morgan fingerprint density at radius 1 is 0.875 bits per heavy atom. The van der Waals surface area contributed by atoms with Crippen LogP contribution in [0.1, 0.15) is 98.3 Å². The molecule has 2 fully saturated rings. The Balaban J connectivity index is 0.000000952. The van der Waals surface area contributed by atoms with E-state index in [1.54, 1.807) is 0 Å². The fourth-order valence-corrected chi connectivity index (χ4v) is 4.27. The number of esters is 1. The minimum atomic E-state index is -0.108. The summed E-state index contributed by atoms with van der Waals surface area (Å²) in [4.78, 5) is 11.0. The molecule has 0 atom stereocenters. The van der Waals surface area contributed by atoms with Crippen molar-refractivity contribution in [3.05, 3.63) is 0 Å². The van der Waals surface area contributed by atoms with Gasteiger partial charge in [0.1, 0.15) is 6.10 Å². The predicted octanol–water partition coefficient (Wildman–Crippen LogP) is 5.71. The maximum absolute atomic E-state index is 11.0. The lowest BCUT2D eigenvalue weighted by Crippen LogP contribution is -2.29. The second-order valence-corrected chi connectivity index (χ2v) is 7.42. The summed E-state index contributed by atoms with van der Waals surface area (Å²) in [5, 5.41) is 0. The number of rotatable bonds is 4. The maximum atomic E-state index is 11.0. The maximum Gasteiger partial charge on any atom is 0.302 e. The first kappa shape index (κ1) is 23.4. The van der Waals surface area contributed by atoms with E-state index >= 15 is 0 Å². The van der Waals surface area contributed by atoms with Crippen LogP contribution >= 0.6 is 0 Å². The molecule has 0 aromatic rings. The molecule has 0 bridgehead atoms. The molecule has 0 unspecified atom stereocenters. The van der Waals surface area contributed by atoms with Crippen LogP contribution in [0.3, 0.4) is 0 Å². The van der Waals surface area contributed by atoms with E-state index in [9.17, 15) is 4.79 Å². The largest absolute Gasteiger partial charge is 0.463 e. The highest BCUT2D eigenvalue weighted by Crippen LogP contribution is 2.41. The smallest absolute Gasteiger partial charge is 0.302 e. The van der Waals surface area contributed by atoms with Crippen molar-refractivity contribution in [3.8, 4) is 0 Å². The number of hydrogen-bond donors (Lipinski definition) is 1. The molecule has 0 aliphatic heterocycles. The normalized spacial score (nSPS) is 29.4. The first-order valence-electron chi connectivity index (χ1n) is 10.4. The third-order valence-electron chi connectivity index (χ3n) is 5.31. The van der Waals surface area contributed by atoms with Crippen molar-refractivity contribution in [3.63, 3.8) is 0 Å². The van der Waals surface area contributed by atoms with E-state index in [1.807, 2.05) is 0 Å². The molecule has 0 heterocycles. The highest BCUT2D eigenvalue weighted by molar-refractivity contribution is 5.66. The van der Waals surface area contributed by atoms with Crippen molar-refractivity contribution in [2.45, 2.75) is 104 Å². The Morgan fingerprint density at radius 3 is 1.67 bits per heavy atom. The molecule has 24 heavy (non-hydrogen) atoms. The molecule has 0 saturated heterocycles. The summed E-state index contributed by atoms with van der Waals surface area (Å²) in [6.07, 6.45) is 14.8. The van der Waals surface area contributed by atoms with Gasteiger partial charge in [0, 0.05) is 6.92 Å². The summed E-state index contributed by atoms with van der Waals surface area (Å²) >= 11 is 0. The van der Waals surface area contributed by atoms with Gasteiger partial charge in [-0.2, -0.15) is 0 Å². The minimum absolute atomic E-state index is 0.108. The van der Waals surface area contributed by atoms with Crippen molar-refractivity contribution in [2.75, 3.05) is 7.05 Å². The quantitative estimate of drug-likeness (QED) is 0.667. The van der Waals surface area contributed by atoms with Crippen LogP contribution in [-0.2, 0) is 9.53 Å². The molecule has 144 valence electrons. The van der Waals surface area contributed by atoms with Crippen LogP contribution in [0.25, 0.3) is 0 Å². The standard InChI is InChI=1S/C17H30O2.C3H8.CH5N/c1-3-4-14-5-7-15(8-6-14)16-9-11-17(12-10-16)19-13(2)18;1-3-2;1-2/h14-17H,3-12H2,1-2H3;3H2,1-2H3;2H2,1H3. The molecule has 2 aliphatic rings. The van der Waals surface area contributed by atoms with E-state index in [-0.39, 0.29) is 12.1 Å². The van der Waals surface area contributed by atoms with Gasteiger partial charge < -0.3 is 10.5 Å². The first-order valence-corrected chi connectivity index (χ1v) is 10.4. The van der Waals surface area contributed by atoms with E-state index in [0.717, 1.165) is 30.6 Å². The lowest BCUT2D eigenvalue weighted by atomic mass is 9.70. The lowest BCUT2D eigenvalue weighted by molar-refractivity contribution is -0.148. The monoisotopic (exact) mass is 341 g/mol. The van der Waals surface area contributed by atoms with Crippen molar-refractivity contribution in [1.29, 1.82) is 0 Å². The number of hydrogen-bond acceptors (Lipinski definition) is 3. The van der Waals surface area contributed by atoms with Gasteiger partial charge in [-0.3, -0.25) is 4.79 Å². The van der Waals surface area contributed by atoms with Crippen molar-refractivity contribution >= 4 is 5.97 Å². The van der Waals surface area contributed by atoms with Gasteiger partial charge in [0.15, 0.2) is 0 Å². The highest BCUT2D eigenvalue weighted by Gasteiger charge is 2.31. The summed E-state index contributed by atoms with van der Waals surface area (Å²) in [5.74, 6) is 2.78. The number of nitrogens with two attached hydrogens (primary N) is 1. The summed E-state index contributed by atoms with van der Waals surface area (Å²) in [5.41, 5.74) is 4.50. The van der Waals surface area contributed by atoms with E-state index in [1.165, 1.54) is 71.8 Å². The van der Waals surface area contributed by atoms with Gasteiger partial charge in [0.05, 0.1) is 0 Å². The Kier molecular flexibility index (Phi) is 14.4. The average Bonchev–Trinajstić information content (AvgIpc) is 2.59. The molecule has 0 spiro atoms. The summed E-state index contributed by atoms with van der Waals surface area (Å²) in [6.45, 7) is 8.09. The van der Waals surface area contributed by atoms with E-state index in [2.05, 4.69) is 26.5 Å². The third-order valence-corrected chi connectivity index (χ3v) is 5.31. The molecule has 0 aromatic carbocycles. The average molecular weight is 342 g/mol. The molecule has 0 amide bonds. The van der Waals surface area contributed by atoms with Crippen LogP contribution < -0.4 is 5.73 Å². The van der Waals surface area contributed by atoms with Crippen molar-refractivity contribution in [1.82, 2.24) is 0 Å². The fraction of sp³-hybridized carbons (Fsp3) is 0.952. The Morgan fingerprint density at radius 2 is 1.29 bits per heavy atom. The summed E-state index contributed by atoms with van der Waals surface area (Å²) in [7, 11) is 1.50. The van der Waals surface area contributed by atoms with Crippen LogP contribution in [-0.4, -0.2) is 19.1 Å². The van der Waals surface area contributed by atoms with Crippen LogP contribution in [0, 0.1) is 17.8 Å². The molecule has 3 nitrogen and oxygen atoms in total. The lowest BCUT2D eigenvalue weighted by Gasteiger charge is -2.37. The molecular weight excluding hydrogens is 298 g/mol. The number of carbonyl (C=O) groups excluding carboxylic acids is 1. The van der Waals surface area contributed by atoms with Crippen LogP contribution in [0.5, 0.6) is 0 Å². The van der Waals surface area contributed by atoms with Gasteiger partial charge >= 0.3 is 5.97 Å². The van der Waals surface area contributed by atoms with Gasteiger partial charge in [-0.15, -0.1) is 0 Å². The van der Waals surface area contributed by atoms with Crippen molar-refractivity contribution in [2.24, 2.45) is 23.5 Å². The summed E-state index contributed by atoms with van der Waals surface area (Å²) < 4.78 is 5.34. The van der Waals surface area contributed by atoms with Crippen LogP contribution in [0.4, 0.5) is 0 Å². The Labute approximate surface area is 151 Å². The molecule has 2 saturated carbocycles. The zero-order chi connectivity index (χ0) is 18.4. The molecule has 2 rings (SSSR count). The van der Waals surface area contributed by atoms with Crippen molar-refractivity contribution < 1.29 is 9.53 Å². The minimum Gasteiger partial charge on any atom is -0.463 e. The topological polar surface area (TPSA) is 52.3 Å². The molecular formula is C21H43NO2. The van der Waals surface area contributed by atoms with E-state index < -0.39 is 0 Å². The predicted molar refractivity (Wildman–Crippen MR) is 104 cm³/mol. The second-order valence-electron chi connectivity index (χ2n) is 7.42. The van der Waals surface area contributed by atoms with Gasteiger partial charge in [-0.1, -0.05) is 52.9 Å². The van der Waals surface area contributed by atoms with Gasteiger partial charge in [0.2, 0.25) is 0 Å². The molecule has 2 N–H and O–H groups in total. The summed E-state index contributed by atoms with van der Waals surface area (Å²) in [6, 6.07) is 0. The van der Waals surface area contributed by atoms with Gasteiger partial charge in [-0.05, 0) is 63.3 Å². The molecule has 3 heteroatoms. The molecule has 0 aromatic heterocycles. The number of carbonyl (C=O) groups is 1. The zero-order valence-corrected chi connectivity index (χ0v) is 17.0. The van der Waals surface area contributed by atoms with Crippen LogP contribution in [0.15, 0.2) is 0 Å². The second kappa shape index (κ2) is 14.7. The fourth-order valence-electron chi connectivity index (χ4n) is 4.27. The Hall–Kier alpha value is -0.570. The van der Waals surface area contributed by atoms with E-state index in [0.29, 0.717) is 0 Å². The Bertz CT molecular complexity index is 290. The third kappa shape index (κ3) is 9.66. The first-order chi connectivity index (χ1) is 11.6. The van der Waals surface area contributed by atoms with Gasteiger partial charge in [-0.25, -0.2) is 0 Å². The zero-order valence-electron chi connectivity index (χ0n) is 17.0. The molecule has 0 radical (unpaired) electrons.